The molecule has 0 saturated carbocycles. The fourth-order valence-corrected chi connectivity index (χ4v) is 1.99. The van der Waals surface area contributed by atoms with Gasteiger partial charge >= 0.3 is 0 Å². The minimum Gasteiger partial charge on any atom is -0.491 e. The summed E-state index contributed by atoms with van der Waals surface area (Å²) in [6.45, 7) is 0.892. The van der Waals surface area contributed by atoms with Gasteiger partial charge in [-0.15, -0.1) is 5.10 Å². The first-order chi connectivity index (χ1) is 10.8. The Bertz CT molecular complexity index is 793. The topological polar surface area (TPSA) is 85.9 Å². The van der Waals surface area contributed by atoms with Crippen LogP contribution in [0.1, 0.15) is 5.56 Å². The standard InChI is InChI=1S/C15H13N5O2/c1-21-4-5-22-13-7-11(9-16)6-12(8-13)20-3-2-14-15(19-20)18-10-17-14/h2-3,6-8,10H,4-5H2,1H3. The molecule has 0 aliphatic carbocycles. The van der Waals surface area contributed by atoms with Gasteiger partial charge in [0, 0.05) is 19.4 Å². The third-order valence-electron chi connectivity index (χ3n) is 3.02. The van der Waals surface area contributed by atoms with Gasteiger partial charge in [0.25, 0.3) is 0 Å². The van der Waals surface area contributed by atoms with Crippen LogP contribution < -0.4 is 4.74 Å². The highest BCUT2D eigenvalue weighted by atomic mass is 16.5. The average molecular weight is 295 g/mol. The number of nitrogens with zero attached hydrogens (tertiary/aromatic N) is 5. The molecular weight excluding hydrogens is 282 g/mol. The molecule has 22 heavy (non-hydrogen) atoms. The second-order valence-corrected chi connectivity index (χ2v) is 4.51. The molecule has 1 aromatic carbocycles. The summed E-state index contributed by atoms with van der Waals surface area (Å²) >= 11 is 0. The minimum absolute atomic E-state index is 0.413. The fraction of sp³-hybridized carbons (Fsp3) is 0.200. The lowest BCUT2D eigenvalue weighted by molar-refractivity contribution is 0.146. The molecule has 1 aromatic rings. The van der Waals surface area contributed by atoms with E-state index in [0.29, 0.717) is 30.4 Å². The summed E-state index contributed by atoms with van der Waals surface area (Å²) in [4.78, 5) is 8.15. The summed E-state index contributed by atoms with van der Waals surface area (Å²) in [7, 11) is 1.61. The molecule has 0 atom stereocenters. The Morgan fingerprint density at radius 2 is 2.14 bits per heavy atom. The highest BCUT2D eigenvalue weighted by Gasteiger charge is 2.09. The lowest BCUT2D eigenvalue weighted by Crippen LogP contribution is -2.06. The number of methoxy groups -OCH3 is 1. The Labute approximate surface area is 127 Å². The average Bonchev–Trinajstić information content (AvgIpc) is 3.02. The van der Waals surface area contributed by atoms with E-state index in [9.17, 15) is 0 Å². The Morgan fingerprint density at radius 1 is 1.23 bits per heavy atom. The third-order valence-corrected chi connectivity index (χ3v) is 3.02. The highest BCUT2D eigenvalue weighted by molar-refractivity contribution is 5.51. The first-order valence-electron chi connectivity index (χ1n) is 6.64. The lowest BCUT2D eigenvalue weighted by atomic mass is 10.2. The van der Waals surface area contributed by atoms with E-state index in [2.05, 4.69) is 21.1 Å². The van der Waals surface area contributed by atoms with Crippen molar-refractivity contribution < 1.29 is 9.47 Å². The minimum atomic E-state index is 0.413. The molecule has 0 spiro atoms. The van der Waals surface area contributed by atoms with Gasteiger partial charge in [-0.05, 0) is 18.2 Å². The second-order valence-electron chi connectivity index (χ2n) is 4.51. The van der Waals surface area contributed by atoms with Crippen LogP contribution in [0.2, 0.25) is 0 Å². The normalized spacial score (nSPS) is 10.5. The van der Waals surface area contributed by atoms with Gasteiger partial charge in [-0.3, -0.25) is 0 Å². The fourth-order valence-electron chi connectivity index (χ4n) is 1.99. The van der Waals surface area contributed by atoms with Crippen molar-refractivity contribution in [3.8, 4) is 29.0 Å². The molecule has 0 fully saturated rings. The van der Waals surface area contributed by atoms with E-state index in [-0.39, 0.29) is 0 Å². The molecule has 3 rings (SSSR count). The number of ether oxygens (including phenoxy) is 2. The smallest absolute Gasteiger partial charge is 0.200 e. The number of hydrogen-bond acceptors (Lipinski definition) is 6. The zero-order valence-electron chi connectivity index (χ0n) is 11.9. The van der Waals surface area contributed by atoms with Crippen LogP contribution in [0.25, 0.3) is 17.2 Å². The van der Waals surface area contributed by atoms with E-state index in [4.69, 9.17) is 14.7 Å². The quantitative estimate of drug-likeness (QED) is 0.665. The van der Waals surface area contributed by atoms with Crippen molar-refractivity contribution in [2.75, 3.05) is 20.3 Å². The Hall–Kier alpha value is -2.98. The van der Waals surface area contributed by atoms with Crippen LogP contribution in [0.3, 0.4) is 0 Å². The van der Waals surface area contributed by atoms with Crippen molar-refractivity contribution in [3.05, 3.63) is 42.4 Å². The maximum absolute atomic E-state index is 9.16. The maximum atomic E-state index is 9.16. The van der Waals surface area contributed by atoms with Crippen molar-refractivity contribution in [2.45, 2.75) is 0 Å². The number of aromatic nitrogens is 4. The molecule has 2 aliphatic heterocycles. The van der Waals surface area contributed by atoms with Crippen LogP contribution >= 0.6 is 0 Å². The maximum Gasteiger partial charge on any atom is 0.200 e. The summed E-state index contributed by atoms with van der Waals surface area (Å²) in [6.07, 6.45) is 3.24. The molecule has 0 bridgehead atoms. The van der Waals surface area contributed by atoms with Crippen LogP contribution in [0.5, 0.6) is 5.75 Å². The third kappa shape index (κ3) is 2.87. The number of nitriles is 1. The van der Waals surface area contributed by atoms with E-state index in [1.807, 2.05) is 12.1 Å². The van der Waals surface area contributed by atoms with Gasteiger partial charge in [0.2, 0.25) is 0 Å². The van der Waals surface area contributed by atoms with Gasteiger partial charge in [0.15, 0.2) is 5.82 Å². The summed E-state index contributed by atoms with van der Waals surface area (Å²) in [5.74, 6) is 1.14. The molecular formula is C15H13N5O2. The number of fused-ring (bicyclic) bond motifs is 1. The number of benzene rings is 1. The number of hydrogen-bond donors (Lipinski definition) is 0. The zero-order chi connectivity index (χ0) is 15.4. The molecule has 2 heterocycles. The summed E-state index contributed by atoms with van der Waals surface area (Å²) < 4.78 is 12.2. The predicted molar refractivity (Wildman–Crippen MR) is 77.9 cm³/mol. The van der Waals surface area contributed by atoms with Gasteiger partial charge < -0.3 is 9.47 Å². The van der Waals surface area contributed by atoms with Crippen LogP contribution in [0.15, 0.2) is 36.8 Å². The number of rotatable bonds is 5. The lowest BCUT2D eigenvalue weighted by Gasteiger charge is -2.10. The first kappa shape index (κ1) is 14.0. The highest BCUT2D eigenvalue weighted by Crippen LogP contribution is 2.21. The molecule has 110 valence electrons. The first-order valence-corrected chi connectivity index (χ1v) is 6.64. The van der Waals surface area contributed by atoms with E-state index < -0.39 is 0 Å². The number of imidazole rings is 1. The van der Waals surface area contributed by atoms with Gasteiger partial charge in [-0.1, -0.05) is 0 Å². The molecule has 0 amide bonds. The van der Waals surface area contributed by atoms with E-state index in [0.717, 1.165) is 11.4 Å². The molecule has 7 nitrogen and oxygen atoms in total. The zero-order valence-corrected chi connectivity index (χ0v) is 11.9. The molecule has 0 saturated heterocycles. The predicted octanol–water partition coefficient (Wildman–Crippen LogP) is 1.66. The monoisotopic (exact) mass is 295 g/mol. The van der Waals surface area contributed by atoms with Crippen LogP contribution in [0.4, 0.5) is 0 Å². The second kappa shape index (κ2) is 6.20. The van der Waals surface area contributed by atoms with Crippen molar-refractivity contribution in [2.24, 2.45) is 0 Å². The largest absolute Gasteiger partial charge is 0.491 e. The molecule has 7 heteroatoms. The van der Waals surface area contributed by atoms with Crippen molar-refractivity contribution in [1.29, 1.82) is 5.26 Å². The van der Waals surface area contributed by atoms with E-state index in [1.165, 1.54) is 6.33 Å². The molecule has 2 aliphatic rings. The SMILES string of the molecule is COCCOc1cc(C#N)cc(-n2ccc3ncnc-3n2)c1. The van der Waals surface area contributed by atoms with Crippen LogP contribution in [-0.4, -0.2) is 40.1 Å². The van der Waals surface area contributed by atoms with Gasteiger partial charge in [0.1, 0.15) is 24.4 Å². The van der Waals surface area contributed by atoms with Crippen LogP contribution in [0, 0.1) is 11.3 Å². The van der Waals surface area contributed by atoms with Gasteiger partial charge in [0.05, 0.1) is 23.9 Å². The van der Waals surface area contributed by atoms with Gasteiger partial charge in [-0.2, -0.15) is 5.26 Å². The van der Waals surface area contributed by atoms with Crippen molar-refractivity contribution in [3.63, 3.8) is 0 Å². The van der Waals surface area contributed by atoms with E-state index >= 15 is 0 Å². The Balaban J connectivity index is 1.97. The van der Waals surface area contributed by atoms with Crippen molar-refractivity contribution >= 4 is 0 Å². The van der Waals surface area contributed by atoms with E-state index in [1.54, 1.807) is 30.1 Å². The summed E-state index contributed by atoms with van der Waals surface area (Å²) in [5, 5.41) is 13.5. The van der Waals surface area contributed by atoms with Crippen molar-refractivity contribution in [1.82, 2.24) is 19.7 Å². The molecule has 0 aromatic heterocycles. The Kier molecular flexibility index (Phi) is 3.94. The molecule has 0 unspecified atom stereocenters. The summed E-state index contributed by atoms with van der Waals surface area (Å²) in [5.41, 5.74) is 1.94. The summed E-state index contributed by atoms with van der Waals surface area (Å²) in [6, 6.07) is 9.17. The van der Waals surface area contributed by atoms with Crippen LogP contribution in [-0.2, 0) is 4.74 Å². The molecule has 0 radical (unpaired) electrons. The molecule has 0 N–H and O–H groups in total. The Morgan fingerprint density at radius 3 is 2.95 bits per heavy atom. The van der Waals surface area contributed by atoms with Gasteiger partial charge in [-0.25, -0.2) is 14.6 Å².